The first kappa shape index (κ1) is 13.3. The zero-order valence-electron chi connectivity index (χ0n) is 8.82. The molecule has 0 aromatic rings. The van der Waals surface area contributed by atoms with Crippen molar-refractivity contribution in [1.29, 1.82) is 5.41 Å². The SMILES string of the molecule is CCCN(CC(=N)N)S(=O)(=O)N(C)C. The summed E-state index contributed by atoms with van der Waals surface area (Å²) in [5.41, 5.74) is 5.18. The Bertz CT molecular complexity index is 286. The number of nitrogens with zero attached hydrogens (tertiary/aromatic N) is 2. The zero-order chi connectivity index (χ0) is 11.4. The quantitative estimate of drug-likeness (QED) is 0.466. The summed E-state index contributed by atoms with van der Waals surface area (Å²) in [6.45, 7) is 2.20. The molecule has 0 aliphatic carbocycles. The van der Waals surface area contributed by atoms with Gasteiger partial charge in [0, 0.05) is 20.6 Å². The summed E-state index contributed by atoms with van der Waals surface area (Å²) in [6.07, 6.45) is 0.695. The van der Waals surface area contributed by atoms with Crippen molar-refractivity contribution in [1.82, 2.24) is 8.61 Å². The van der Waals surface area contributed by atoms with Crippen molar-refractivity contribution >= 4 is 16.0 Å². The van der Waals surface area contributed by atoms with Crippen molar-refractivity contribution in [3.8, 4) is 0 Å². The minimum atomic E-state index is -3.45. The molecule has 0 heterocycles. The monoisotopic (exact) mass is 222 g/mol. The minimum Gasteiger partial charge on any atom is -0.387 e. The lowest BCUT2D eigenvalue weighted by atomic mass is 10.4. The van der Waals surface area contributed by atoms with Crippen LogP contribution in [0.5, 0.6) is 0 Å². The highest BCUT2D eigenvalue weighted by Gasteiger charge is 2.23. The van der Waals surface area contributed by atoms with Crippen LogP contribution in [-0.2, 0) is 10.2 Å². The molecule has 0 radical (unpaired) electrons. The minimum absolute atomic E-state index is 0.0473. The number of rotatable bonds is 6. The average Bonchev–Trinajstić information content (AvgIpc) is 2.02. The van der Waals surface area contributed by atoms with Crippen LogP contribution in [0, 0.1) is 5.41 Å². The van der Waals surface area contributed by atoms with Crippen LogP contribution in [0.2, 0.25) is 0 Å². The van der Waals surface area contributed by atoms with Crippen LogP contribution >= 0.6 is 0 Å². The van der Waals surface area contributed by atoms with Gasteiger partial charge in [-0.15, -0.1) is 0 Å². The van der Waals surface area contributed by atoms with Crippen molar-refractivity contribution < 1.29 is 8.42 Å². The van der Waals surface area contributed by atoms with E-state index in [1.807, 2.05) is 6.92 Å². The smallest absolute Gasteiger partial charge is 0.281 e. The van der Waals surface area contributed by atoms with Gasteiger partial charge in [0.25, 0.3) is 10.2 Å². The molecule has 0 atom stereocenters. The Hall–Kier alpha value is -0.660. The number of amidine groups is 1. The van der Waals surface area contributed by atoms with Crippen molar-refractivity contribution in [2.75, 3.05) is 27.2 Å². The normalized spacial score (nSPS) is 12.4. The molecule has 0 saturated heterocycles. The second-order valence-corrected chi connectivity index (χ2v) is 5.29. The number of hydrogen-bond acceptors (Lipinski definition) is 3. The van der Waals surface area contributed by atoms with Gasteiger partial charge in [-0.2, -0.15) is 17.0 Å². The van der Waals surface area contributed by atoms with Gasteiger partial charge in [0.1, 0.15) is 5.84 Å². The molecule has 0 saturated carbocycles. The summed E-state index contributed by atoms with van der Waals surface area (Å²) in [6, 6.07) is 0. The molecular formula is C7H18N4O2S. The molecule has 3 N–H and O–H groups in total. The average molecular weight is 222 g/mol. The molecular weight excluding hydrogens is 204 g/mol. The van der Waals surface area contributed by atoms with Crippen LogP contribution < -0.4 is 5.73 Å². The van der Waals surface area contributed by atoms with Gasteiger partial charge in [0.2, 0.25) is 0 Å². The van der Waals surface area contributed by atoms with Gasteiger partial charge in [0.15, 0.2) is 0 Å². The Morgan fingerprint density at radius 3 is 2.21 bits per heavy atom. The molecule has 84 valence electrons. The van der Waals surface area contributed by atoms with E-state index in [0.717, 1.165) is 4.31 Å². The molecule has 0 fully saturated rings. The molecule has 0 aliphatic rings. The molecule has 0 aromatic heterocycles. The molecule has 14 heavy (non-hydrogen) atoms. The third-order valence-corrected chi connectivity index (χ3v) is 3.49. The van der Waals surface area contributed by atoms with E-state index >= 15 is 0 Å². The fraction of sp³-hybridized carbons (Fsp3) is 0.857. The Morgan fingerprint density at radius 2 is 1.93 bits per heavy atom. The predicted octanol–water partition coefficient (Wildman–Crippen LogP) is -0.559. The molecule has 0 unspecified atom stereocenters. The highest BCUT2D eigenvalue weighted by Crippen LogP contribution is 2.04. The van der Waals surface area contributed by atoms with Crippen LogP contribution in [0.4, 0.5) is 0 Å². The van der Waals surface area contributed by atoms with Crippen molar-refractivity contribution in [2.45, 2.75) is 13.3 Å². The lowest BCUT2D eigenvalue weighted by Crippen LogP contribution is -2.44. The lowest BCUT2D eigenvalue weighted by Gasteiger charge is -2.24. The van der Waals surface area contributed by atoms with Gasteiger partial charge in [-0.25, -0.2) is 0 Å². The lowest BCUT2D eigenvalue weighted by molar-refractivity contribution is 0.402. The first-order valence-corrected chi connectivity index (χ1v) is 5.72. The Balaban J connectivity index is 4.73. The number of hydrogen-bond donors (Lipinski definition) is 2. The van der Waals surface area contributed by atoms with Crippen LogP contribution in [0.25, 0.3) is 0 Å². The summed E-state index contributed by atoms with van der Waals surface area (Å²) in [5, 5.41) is 7.08. The van der Waals surface area contributed by atoms with E-state index in [1.54, 1.807) is 0 Å². The molecule has 0 spiro atoms. The van der Waals surface area contributed by atoms with Gasteiger partial charge in [0.05, 0.1) is 6.54 Å². The highest BCUT2D eigenvalue weighted by atomic mass is 32.2. The standard InChI is InChI=1S/C7H18N4O2S/c1-4-5-11(6-7(8)9)14(12,13)10(2)3/h4-6H2,1-3H3,(H3,8,9). The van der Waals surface area contributed by atoms with E-state index in [-0.39, 0.29) is 12.4 Å². The molecule has 0 aromatic carbocycles. The highest BCUT2D eigenvalue weighted by molar-refractivity contribution is 7.86. The largest absolute Gasteiger partial charge is 0.387 e. The molecule has 6 nitrogen and oxygen atoms in total. The van der Waals surface area contributed by atoms with Gasteiger partial charge in [-0.05, 0) is 6.42 Å². The van der Waals surface area contributed by atoms with Crippen molar-refractivity contribution in [2.24, 2.45) is 5.73 Å². The molecule has 0 aliphatic heterocycles. The second-order valence-electron chi connectivity index (χ2n) is 3.15. The summed E-state index contributed by atoms with van der Waals surface area (Å²) < 4.78 is 25.6. The van der Waals surface area contributed by atoms with Crippen LogP contribution in [0.1, 0.15) is 13.3 Å². The third-order valence-electron chi connectivity index (χ3n) is 1.61. The van der Waals surface area contributed by atoms with Gasteiger partial charge in [-0.3, -0.25) is 5.41 Å². The van der Waals surface area contributed by atoms with E-state index in [0.29, 0.717) is 13.0 Å². The number of nitrogens with two attached hydrogens (primary N) is 1. The Labute approximate surface area is 85.4 Å². The zero-order valence-corrected chi connectivity index (χ0v) is 9.63. The topological polar surface area (TPSA) is 90.5 Å². The van der Waals surface area contributed by atoms with Crippen LogP contribution in [-0.4, -0.2) is 50.0 Å². The third kappa shape index (κ3) is 3.60. The summed E-state index contributed by atoms with van der Waals surface area (Å²) in [7, 11) is -0.537. The Morgan fingerprint density at radius 1 is 1.43 bits per heavy atom. The van der Waals surface area contributed by atoms with Gasteiger partial charge >= 0.3 is 0 Å². The van der Waals surface area contributed by atoms with E-state index in [4.69, 9.17) is 11.1 Å². The maximum Gasteiger partial charge on any atom is 0.281 e. The first-order valence-electron chi connectivity index (χ1n) is 4.32. The summed E-state index contributed by atoms with van der Waals surface area (Å²) in [4.78, 5) is 0. The van der Waals surface area contributed by atoms with Crippen molar-refractivity contribution in [3.05, 3.63) is 0 Å². The molecule has 0 amide bonds. The van der Waals surface area contributed by atoms with Gasteiger partial charge < -0.3 is 5.73 Å². The van der Waals surface area contributed by atoms with Gasteiger partial charge in [-0.1, -0.05) is 6.92 Å². The van der Waals surface area contributed by atoms with Crippen LogP contribution in [0.3, 0.4) is 0 Å². The fourth-order valence-corrected chi connectivity index (χ4v) is 2.12. The van der Waals surface area contributed by atoms with Crippen molar-refractivity contribution in [3.63, 3.8) is 0 Å². The molecule has 0 rings (SSSR count). The van der Waals surface area contributed by atoms with E-state index in [9.17, 15) is 8.42 Å². The second kappa shape index (κ2) is 5.28. The van der Waals surface area contributed by atoms with E-state index < -0.39 is 10.2 Å². The maximum absolute atomic E-state index is 11.7. The molecule has 0 bridgehead atoms. The summed E-state index contributed by atoms with van der Waals surface area (Å²) >= 11 is 0. The predicted molar refractivity (Wildman–Crippen MR) is 56.4 cm³/mol. The maximum atomic E-state index is 11.7. The first-order chi connectivity index (χ1) is 6.32. The van der Waals surface area contributed by atoms with Crippen LogP contribution in [0.15, 0.2) is 0 Å². The fourth-order valence-electron chi connectivity index (χ4n) is 0.946. The van der Waals surface area contributed by atoms with E-state index in [1.165, 1.54) is 18.4 Å². The number of nitrogens with one attached hydrogen (secondary N) is 1. The summed E-state index contributed by atoms with van der Waals surface area (Å²) in [5.74, 6) is -0.149. The Kier molecular flexibility index (Phi) is 5.03. The molecule has 7 heteroatoms. The van der Waals surface area contributed by atoms with E-state index in [2.05, 4.69) is 0 Å².